The zero-order chi connectivity index (χ0) is 19.3. The highest BCUT2D eigenvalue weighted by molar-refractivity contribution is 7.71. The van der Waals surface area contributed by atoms with Crippen LogP contribution >= 0.6 is 12.2 Å². The predicted molar refractivity (Wildman–Crippen MR) is 106 cm³/mol. The van der Waals surface area contributed by atoms with Crippen molar-refractivity contribution in [1.82, 2.24) is 14.3 Å². The van der Waals surface area contributed by atoms with Crippen LogP contribution in [-0.4, -0.2) is 39.1 Å². The molecular weight excluding hydrogens is 374 g/mol. The van der Waals surface area contributed by atoms with Gasteiger partial charge in [0.25, 0.3) is 0 Å². The Morgan fingerprint density at radius 3 is 2.61 bits per heavy atom. The van der Waals surface area contributed by atoms with Gasteiger partial charge < -0.3 is 9.47 Å². The summed E-state index contributed by atoms with van der Waals surface area (Å²) in [6.45, 7) is 2.43. The van der Waals surface area contributed by atoms with Gasteiger partial charge in [0.1, 0.15) is 6.10 Å². The lowest BCUT2D eigenvalue weighted by atomic mass is 10.0. The van der Waals surface area contributed by atoms with Crippen molar-refractivity contribution in [1.29, 1.82) is 0 Å². The fourth-order valence-electron chi connectivity index (χ4n) is 3.77. The first kappa shape index (κ1) is 17.5. The maximum absolute atomic E-state index is 12.3. The van der Waals surface area contributed by atoms with Crippen LogP contribution in [0.3, 0.4) is 0 Å². The summed E-state index contributed by atoms with van der Waals surface area (Å²) in [5, 5.41) is 4.85. The second-order valence-corrected chi connectivity index (χ2v) is 7.53. The third kappa shape index (κ3) is 2.83. The lowest BCUT2D eigenvalue weighted by Crippen LogP contribution is -2.37. The third-order valence-electron chi connectivity index (χ3n) is 5.25. The lowest BCUT2D eigenvalue weighted by Gasteiger charge is -2.26. The molecule has 0 N–H and O–H groups in total. The number of Topliss-reactive ketones (excluding diaryl/α,β-unsaturated/α-hetero) is 1. The molecule has 0 saturated carbocycles. The number of aromatic nitrogens is 3. The zero-order valence-corrected chi connectivity index (χ0v) is 16.1. The van der Waals surface area contributed by atoms with Crippen LogP contribution < -0.4 is 0 Å². The number of aryl methyl sites for hydroxylation is 1. The van der Waals surface area contributed by atoms with Gasteiger partial charge in [-0.25, -0.2) is 4.68 Å². The highest BCUT2D eigenvalue weighted by Crippen LogP contribution is 2.34. The Labute approximate surface area is 167 Å². The number of fused-ring (bicyclic) bond motifs is 2. The first-order chi connectivity index (χ1) is 13.6. The van der Waals surface area contributed by atoms with Gasteiger partial charge in [-0.05, 0) is 31.3 Å². The number of carbonyl (C=O) groups is 1. The van der Waals surface area contributed by atoms with Crippen LogP contribution in [0.4, 0.5) is 0 Å². The monoisotopic (exact) mass is 393 g/mol. The normalized spacial score (nSPS) is 23.9. The van der Waals surface area contributed by atoms with E-state index in [0.717, 1.165) is 17.1 Å². The summed E-state index contributed by atoms with van der Waals surface area (Å²) >= 11 is 5.81. The zero-order valence-electron chi connectivity index (χ0n) is 15.3. The SMILES string of the molecule is Cc1ccc(-c2nn([C@H]3CC(=O)[C@@H]4OC[C@H]3O4)c(=S)n2-c2ccccc2)cc1. The Hall–Kier alpha value is -2.61. The van der Waals surface area contributed by atoms with Crippen molar-refractivity contribution in [2.75, 3.05) is 6.61 Å². The molecule has 0 amide bonds. The molecule has 0 unspecified atom stereocenters. The molecule has 2 aromatic carbocycles. The van der Waals surface area contributed by atoms with E-state index in [1.807, 2.05) is 54.0 Å². The summed E-state index contributed by atoms with van der Waals surface area (Å²) in [5.41, 5.74) is 3.06. The molecule has 1 aromatic heterocycles. The van der Waals surface area contributed by atoms with E-state index in [9.17, 15) is 4.79 Å². The van der Waals surface area contributed by atoms with Gasteiger partial charge in [-0.15, -0.1) is 0 Å². The molecule has 5 rings (SSSR count). The fraction of sp³-hybridized carbons (Fsp3) is 0.286. The van der Waals surface area contributed by atoms with E-state index in [0.29, 0.717) is 17.8 Å². The molecule has 3 heterocycles. The number of para-hydroxylation sites is 1. The van der Waals surface area contributed by atoms with E-state index >= 15 is 0 Å². The summed E-state index contributed by atoms with van der Waals surface area (Å²) < 4.78 is 15.4. The van der Waals surface area contributed by atoms with E-state index in [4.69, 9.17) is 26.8 Å². The first-order valence-corrected chi connectivity index (χ1v) is 9.66. The van der Waals surface area contributed by atoms with Gasteiger partial charge >= 0.3 is 0 Å². The molecule has 2 bridgehead atoms. The van der Waals surface area contributed by atoms with Crippen LogP contribution in [0, 0.1) is 11.7 Å². The van der Waals surface area contributed by atoms with Crippen molar-refractivity contribution in [2.45, 2.75) is 31.8 Å². The average Bonchev–Trinajstić information content (AvgIpc) is 3.29. The van der Waals surface area contributed by atoms with Crippen molar-refractivity contribution in [2.24, 2.45) is 0 Å². The minimum atomic E-state index is -0.733. The number of benzene rings is 2. The molecule has 0 radical (unpaired) electrons. The molecule has 7 heteroatoms. The summed E-state index contributed by atoms with van der Waals surface area (Å²) in [4.78, 5) is 12.3. The number of hydrogen-bond acceptors (Lipinski definition) is 5. The van der Waals surface area contributed by atoms with Crippen LogP contribution in [0.15, 0.2) is 54.6 Å². The van der Waals surface area contributed by atoms with Gasteiger partial charge in [-0.1, -0.05) is 48.0 Å². The van der Waals surface area contributed by atoms with Gasteiger partial charge in [0.2, 0.25) is 11.1 Å². The third-order valence-corrected chi connectivity index (χ3v) is 5.62. The molecule has 0 spiro atoms. The number of carbonyl (C=O) groups excluding carboxylic acids is 1. The van der Waals surface area contributed by atoms with Crippen molar-refractivity contribution in [3.63, 3.8) is 0 Å². The number of nitrogens with zero attached hydrogens (tertiary/aromatic N) is 3. The molecule has 28 heavy (non-hydrogen) atoms. The molecule has 2 aliphatic rings. The predicted octanol–water partition coefficient (Wildman–Crippen LogP) is 3.63. The molecule has 142 valence electrons. The number of hydrogen-bond donors (Lipinski definition) is 0. The standard InChI is InChI=1S/C21H19N3O3S/c1-13-7-9-14(10-8-13)19-22-24(16-11-17(25)20-26-12-18(16)27-20)21(28)23(19)15-5-3-2-4-6-15/h2-10,16,18,20H,11-12H2,1H3/t16-,18+,20+/m0/s1. The molecular formula is C21H19N3O3S. The highest BCUT2D eigenvalue weighted by Gasteiger charge is 2.45. The molecule has 2 fully saturated rings. The molecule has 6 nitrogen and oxygen atoms in total. The van der Waals surface area contributed by atoms with Gasteiger partial charge in [-0.2, -0.15) is 5.10 Å². The largest absolute Gasteiger partial charge is 0.343 e. The van der Waals surface area contributed by atoms with Gasteiger partial charge in [0.05, 0.1) is 12.6 Å². The summed E-state index contributed by atoms with van der Waals surface area (Å²) in [5.74, 6) is 0.677. The molecule has 3 aromatic rings. The molecule has 2 saturated heterocycles. The minimum absolute atomic E-state index is 0.0632. The Bertz CT molecular complexity index is 1090. The molecule has 0 aliphatic carbocycles. The van der Waals surface area contributed by atoms with E-state index in [1.54, 1.807) is 4.68 Å². The topological polar surface area (TPSA) is 58.3 Å². The van der Waals surface area contributed by atoms with Crippen LogP contribution in [0.1, 0.15) is 18.0 Å². The Kier molecular flexibility index (Phi) is 4.23. The Morgan fingerprint density at radius 1 is 1.11 bits per heavy atom. The maximum Gasteiger partial charge on any atom is 0.218 e. The van der Waals surface area contributed by atoms with Crippen LogP contribution in [-0.2, 0) is 14.3 Å². The Balaban J connectivity index is 1.68. The van der Waals surface area contributed by atoms with Gasteiger partial charge in [-0.3, -0.25) is 9.36 Å². The lowest BCUT2D eigenvalue weighted by molar-refractivity contribution is -0.156. The summed E-state index contributed by atoms with van der Waals surface area (Å²) in [6, 6.07) is 17.8. The van der Waals surface area contributed by atoms with Gasteiger partial charge in [0, 0.05) is 17.7 Å². The van der Waals surface area contributed by atoms with Crippen molar-refractivity contribution in [3.05, 3.63) is 64.9 Å². The van der Waals surface area contributed by atoms with Crippen molar-refractivity contribution >= 4 is 18.0 Å². The van der Waals surface area contributed by atoms with Crippen LogP contribution in [0.5, 0.6) is 0 Å². The summed E-state index contributed by atoms with van der Waals surface area (Å²) in [6.07, 6.45) is -0.648. The number of ketones is 1. The number of rotatable bonds is 3. The van der Waals surface area contributed by atoms with E-state index < -0.39 is 6.29 Å². The number of ether oxygens (including phenoxy) is 2. The van der Waals surface area contributed by atoms with Crippen molar-refractivity contribution < 1.29 is 14.3 Å². The Morgan fingerprint density at radius 2 is 1.86 bits per heavy atom. The highest BCUT2D eigenvalue weighted by atomic mass is 32.1. The molecule has 2 aliphatic heterocycles. The first-order valence-electron chi connectivity index (χ1n) is 9.25. The second-order valence-electron chi connectivity index (χ2n) is 7.17. The fourth-order valence-corrected chi connectivity index (χ4v) is 4.13. The quantitative estimate of drug-likeness (QED) is 0.636. The second kappa shape index (κ2) is 6.77. The summed E-state index contributed by atoms with van der Waals surface area (Å²) in [7, 11) is 0. The van der Waals surface area contributed by atoms with E-state index in [-0.39, 0.29) is 17.9 Å². The average molecular weight is 393 g/mol. The van der Waals surface area contributed by atoms with Crippen LogP contribution in [0.2, 0.25) is 0 Å². The molecule has 3 atom stereocenters. The smallest absolute Gasteiger partial charge is 0.218 e. The van der Waals surface area contributed by atoms with E-state index in [1.165, 1.54) is 5.56 Å². The van der Waals surface area contributed by atoms with Gasteiger partial charge in [0.15, 0.2) is 11.6 Å². The maximum atomic E-state index is 12.3. The van der Waals surface area contributed by atoms with Crippen molar-refractivity contribution in [3.8, 4) is 17.1 Å². The minimum Gasteiger partial charge on any atom is -0.343 e. The van der Waals surface area contributed by atoms with Crippen LogP contribution in [0.25, 0.3) is 17.1 Å². The van der Waals surface area contributed by atoms with E-state index in [2.05, 4.69) is 12.1 Å².